The number of carboxylic acid groups (broad SMARTS) is 2. The van der Waals surface area contributed by atoms with E-state index in [4.69, 9.17) is 9.84 Å². The summed E-state index contributed by atoms with van der Waals surface area (Å²) in [5.74, 6) is -2.71. The lowest BCUT2D eigenvalue weighted by molar-refractivity contribution is -0.153. The lowest BCUT2D eigenvalue weighted by Gasteiger charge is -2.36. The van der Waals surface area contributed by atoms with Crippen LogP contribution < -0.4 is 5.32 Å². The Morgan fingerprint density at radius 3 is 2.28 bits per heavy atom. The van der Waals surface area contributed by atoms with Crippen LogP contribution in [0.5, 0.6) is 0 Å². The van der Waals surface area contributed by atoms with E-state index in [-0.39, 0.29) is 30.9 Å². The summed E-state index contributed by atoms with van der Waals surface area (Å²) in [5.41, 5.74) is 8.06. The summed E-state index contributed by atoms with van der Waals surface area (Å²) in [5, 5.41) is 21.5. The number of hydrogen-bond acceptors (Lipinski definition) is 6. The molecule has 0 saturated carbocycles. The number of esters is 1. The largest absolute Gasteiger partial charge is 0.480 e. The zero-order valence-electron chi connectivity index (χ0n) is 32.9. The van der Waals surface area contributed by atoms with Crippen molar-refractivity contribution in [2.45, 2.75) is 112 Å². The van der Waals surface area contributed by atoms with Crippen LogP contribution in [0.15, 0.2) is 113 Å². The lowest BCUT2D eigenvalue weighted by atomic mass is 9.72. The van der Waals surface area contributed by atoms with Crippen molar-refractivity contribution in [3.05, 3.63) is 130 Å². The number of aliphatic carboxylic acids is 2. The molecule has 1 aliphatic carbocycles. The first-order valence-electron chi connectivity index (χ1n) is 18.8. The van der Waals surface area contributed by atoms with Crippen molar-refractivity contribution in [3.8, 4) is 0 Å². The molecule has 54 heavy (non-hydrogen) atoms. The van der Waals surface area contributed by atoms with E-state index in [0.29, 0.717) is 12.8 Å². The van der Waals surface area contributed by atoms with Gasteiger partial charge in [-0.15, -0.1) is 0 Å². The third kappa shape index (κ3) is 13.4. The monoisotopic (exact) mass is 738 g/mol. The summed E-state index contributed by atoms with van der Waals surface area (Å²) in [6.45, 7) is 14.6. The molecule has 9 heteroatoms. The Kier molecular flexibility index (Phi) is 16.9. The number of fused-ring (bicyclic) bond motifs is 1. The van der Waals surface area contributed by atoms with E-state index in [1.54, 1.807) is 26.8 Å². The molecule has 0 saturated heterocycles. The molecule has 0 radical (unpaired) electrons. The second kappa shape index (κ2) is 21.0. The highest BCUT2D eigenvalue weighted by Crippen LogP contribution is 2.40. The number of ether oxygens (including phenoxy) is 1. The highest BCUT2D eigenvalue weighted by molar-refractivity contribution is 5.88. The number of benzene rings is 2. The van der Waals surface area contributed by atoms with E-state index in [9.17, 15) is 24.3 Å². The number of rotatable bonds is 14. The summed E-state index contributed by atoms with van der Waals surface area (Å²) >= 11 is 0. The number of aryl methyl sites for hydroxylation is 1. The van der Waals surface area contributed by atoms with Gasteiger partial charge in [-0.1, -0.05) is 110 Å². The molecule has 1 aliphatic heterocycles. The Hall–Kier alpha value is -5.02. The molecule has 0 spiro atoms. The van der Waals surface area contributed by atoms with Crippen LogP contribution in [0.2, 0.25) is 0 Å². The molecular weight excluding hydrogens is 681 g/mol. The third-order valence-corrected chi connectivity index (χ3v) is 9.90. The van der Waals surface area contributed by atoms with Crippen molar-refractivity contribution in [3.63, 3.8) is 0 Å². The normalized spacial score (nSPS) is 18.4. The van der Waals surface area contributed by atoms with Gasteiger partial charge in [-0.3, -0.25) is 14.9 Å². The summed E-state index contributed by atoms with van der Waals surface area (Å²) in [6, 6.07) is 15.0. The first-order valence-corrected chi connectivity index (χ1v) is 18.8. The first-order chi connectivity index (χ1) is 25.6. The molecule has 9 nitrogen and oxygen atoms in total. The van der Waals surface area contributed by atoms with Crippen LogP contribution in [0, 0.1) is 5.41 Å². The molecule has 0 fully saturated rings. The average molecular weight is 739 g/mol. The minimum Gasteiger partial charge on any atom is -0.480 e. The van der Waals surface area contributed by atoms with Crippen LogP contribution >= 0.6 is 0 Å². The smallest absolute Gasteiger partial charge is 0.328 e. The maximum absolute atomic E-state index is 13.3. The Morgan fingerprint density at radius 2 is 1.65 bits per heavy atom. The van der Waals surface area contributed by atoms with E-state index in [1.807, 2.05) is 66.7 Å². The van der Waals surface area contributed by atoms with Crippen molar-refractivity contribution in [2.75, 3.05) is 6.61 Å². The molecule has 4 rings (SSSR count). The van der Waals surface area contributed by atoms with Gasteiger partial charge in [0.25, 0.3) is 0 Å². The zero-order valence-corrected chi connectivity index (χ0v) is 32.9. The summed E-state index contributed by atoms with van der Waals surface area (Å²) in [6.07, 6.45) is 16.4. The number of nitrogens with zero attached hydrogens (tertiary/aromatic N) is 1. The van der Waals surface area contributed by atoms with Crippen molar-refractivity contribution < 1.29 is 34.1 Å². The van der Waals surface area contributed by atoms with E-state index < -0.39 is 36.0 Å². The highest BCUT2D eigenvalue weighted by atomic mass is 16.5. The second-order valence-corrected chi connectivity index (χ2v) is 14.8. The molecule has 2 aromatic rings. The lowest BCUT2D eigenvalue weighted by Crippen LogP contribution is -2.56. The number of carbonyl (C=O) groups is 4. The number of amides is 1. The molecule has 290 valence electrons. The summed E-state index contributed by atoms with van der Waals surface area (Å²) in [7, 11) is 0. The molecule has 3 atom stereocenters. The number of carboxylic acids is 2. The maximum Gasteiger partial charge on any atom is 0.328 e. The topological polar surface area (TPSA) is 133 Å². The van der Waals surface area contributed by atoms with Crippen LogP contribution in [0.4, 0.5) is 0 Å². The van der Waals surface area contributed by atoms with E-state index >= 15 is 0 Å². The Bertz CT molecular complexity index is 1770. The average Bonchev–Trinajstić information content (AvgIpc) is 3.12. The standard InChI is InChI=1S/C25H30N2O5.C20H28O2/c1-3-32-25(31)21(14-13-18-9-5-4-6-10-18)26-17(2)23(28)27-16-20-12-8-7-11-19(20)15-22(27)24(29)30;1-15(8-6-9-16(2)14-19(21)22)11-12-18-17(3)10-7-13-20(18,4)5/h4-12,17,21-22,26H,3,13-16H2,1-2H3,(H,29,30);6,8-9,11-12,14H,7,10,13H2,1-5H3,(H,21,22)/b;9-6+,12-11+,15-8+,16-14-/t17-,21-,22-;/m0./s1. The number of allylic oxidation sites excluding steroid dienone is 9. The Labute approximate surface area is 321 Å². The van der Waals surface area contributed by atoms with Gasteiger partial charge in [0.15, 0.2) is 0 Å². The van der Waals surface area contributed by atoms with E-state index in [2.05, 4.69) is 45.2 Å². The van der Waals surface area contributed by atoms with Gasteiger partial charge in [-0.2, -0.15) is 0 Å². The second-order valence-electron chi connectivity index (χ2n) is 14.8. The van der Waals surface area contributed by atoms with E-state index in [1.165, 1.54) is 41.4 Å². The minimum absolute atomic E-state index is 0.228. The van der Waals surface area contributed by atoms with Gasteiger partial charge in [0.1, 0.15) is 12.1 Å². The van der Waals surface area contributed by atoms with Gasteiger partial charge >= 0.3 is 17.9 Å². The molecule has 2 aromatic carbocycles. The highest BCUT2D eigenvalue weighted by Gasteiger charge is 2.37. The zero-order chi connectivity index (χ0) is 39.8. The van der Waals surface area contributed by atoms with Crippen molar-refractivity contribution in [2.24, 2.45) is 5.41 Å². The van der Waals surface area contributed by atoms with Gasteiger partial charge < -0.3 is 19.8 Å². The molecule has 3 N–H and O–H groups in total. The molecule has 0 bridgehead atoms. The number of hydrogen-bond donors (Lipinski definition) is 3. The molecule has 2 aliphatic rings. The fraction of sp³-hybridized carbons (Fsp3) is 0.422. The SMILES string of the molecule is CC1=C(/C=C/C(C)=C/C=C/C(C)=C\C(=O)O)C(C)(C)CCC1.CCOC(=O)[C@H](CCc1ccccc1)N[C@@H](C)C(=O)N1Cc2ccccc2C[C@H]1C(=O)O. The molecular formula is C45H58N2O7. The number of carbonyl (C=O) groups excluding carboxylic acids is 2. The Balaban J connectivity index is 0.000000313. The van der Waals surface area contributed by atoms with E-state index in [0.717, 1.165) is 27.8 Å². The fourth-order valence-electron chi connectivity index (χ4n) is 6.94. The summed E-state index contributed by atoms with van der Waals surface area (Å²) in [4.78, 5) is 49.6. The summed E-state index contributed by atoms with van der Waals surface area (Å²) < 4.78 is 5.20. The predicted molar refractivity (Wildman–Crippen MR) is 214 cm³/mol. The maximum atomic E-state index is 13.3. The van der Waals surface area contributed by atoms with Gasteiger partial charge in [0, 0.05) is 19.0 Å². The van der Waals surface area contributed by atoms with Gasteiger partial charge in [-0.05, 0) is 100.0 Å². The van der Waals surface area contributed by atoms with Crippen molar-refractivity contribution in [1.82, 2.24) is 10.2 Å². The van der Waals surface area contributed by atoms with Crippen LogP contribution in [-0.4, -0.2) is 63.7 Å². The molecule has 0 aromatic heterocycles. The van der Waals surface area contributed by atoms with Gasteiger partial charge in [0.2, 0.25) is 5.91 Å². The van der Waals surface area contributed by atoms with Crippen LogP contribution in [0.1, 0.15) is 90.8 Å². The van der Waals surface area contributed by atoms with Crippen molar-refractivity contribution in [1.29, 1.82) is 0 Å². The molecule has 1 heterocycles. The van der Waals surface area contributed by atoms with Crippen LogP contribution in [0.25, 0.3) is 0 Å². The predicted octanol–water partition coefficient (Wildman–Crippen LogP) is 8.17. The van der Waals surface area contributed by atoms with Gasteiger partial charge in [0.05, 0.1) is 12.6 Å². The molecule has 0 unspecified atom stereocenters. The van der Waals surface area contributed by atoms with Crippen molar-refractivity contribution >= 4 is 23.8 Å². The quantitative estimate of drug-likeness (QED) is 0.100. The third-order valence-electron chi connectivity index (χ3n) is 9.90. The van der Waals surface area contributed by atoms with Crippen LogP contribution in [-0.2, 0) is 43.3 Å². The van der Waals surface area contributed by atoms with Crippen LogP contribution in [0.3, 0.4) is 0 Å². The fourth-order valence-corrected chi connectivity index (χ4v) is 6.94. The first kappa shape index (κ1) is 43.4. The molecule has 1 amide bonds. The number of nitrogens with one attached hydrogen (secondary N) is 1. The minimum atomic E-state index is -1.04. The Morgan fingerprint density at radius 1 is 0.981 bits per heavy atom. The van der Waals surface area contributed by atoms with Gasteiger partial charge in [-0.25, -0.2) is 9.59 Å².